The number of aliphatic carboxylic acids is 1. The van der Waals surface area contributed by atoms with E-state index in [0.29, 0.717) is 6.54 Å². The lowest BCUT2D eigenvalue weighted by atomic mass is 9.98. The minimum atomic E-state index is -0.775. The van der Waals surface area contributed by atoms with Crippen LogP contribution in [0.4, 0.5) is 0 Å². The molecular weight excluding hydrogens is 416 g/mol. The van der Waals surface area contributed by atoms with Crippen molar-refractivity contribution in [3.63, 3.8) is 0 Å². The van der Waals surface area contributed by atoms with Gasteiger partial charge in [-0.1, -0.05) is 68.4 Å². The molecule has 0 aliphatic heterocycles. The molecule has 4 rings (SSSR count). The molecule has 2 aliphatic carbocycles. The van der Waals surface area contributed by atoms with E-state index in [4.69, 9.17) is 4.74 Å². The molecule has 1 amide bonds. The molecular formula is C27H34N2O4. The lowest BCUT2D eigenvalue weighted by Gasteiger charge is -2.33. The Morgan fingerprint density at radius 3 is 2.15 bits per heavy atom. The number of carbonyl (C=O) groups is 2. The maximum atomic E-state index is 12.0. The van der Waals surface area contributed by atoms with Crippen LogP contribution in [0, 0.1) is 17.8 Å². The van der Waals surface area contributed by atoms with E-state index in [0.717, 1.165) is 24.0 Å². The fourth-order valence-corrected chi connectivity index (χ4v) is 5.49. The Morgan fingerprint density at radius 1 is 0.939 bits per heavy atom. The van der Waals surface area contributed by atoms with Gasteiger partial charge in [0, 0.05) is 25.4 Å². The molecule has 6 nitrogen and oxygen atoms in total. The zero-order valence-corrected chi connectivity index (χ0v) is 19.5. The molecule has 6 atom stereocenters. The minimum Gasteiger partial charge on any atom is -0.481 e. The van der Waals surface area contributed by atoms with Crippen molar-refractivity contribution in [2.75, 3.05) is 0 Å². The van der Waals surface area contributed by atoms with Crippen LogP contribution >= 0.6 is 0 Å². The van der Waals surface area contributed by atoms with Gasteiger partial charge in [0.2, 0.25) is 5.91 Å². The molecule has 0 heterocycles. The van der Waals surface area contributed by atoms with Crippen molar-refractivity contribution in [3.8, 4) is 11.1 Å². The quantitative estimate of drug-likeness (QED) is 0.512. The molecule has 2 unspecified atom stereocenters. The fraction of sp³-hybridized carbons (Fsp3) is 0.481. The summed E-state index contributed by atoms with van der Waals surface area (Å²) in [6.07, 6.45) is 1.50. The highest BCUT2D eigenvalue weighted by Gasteiger charge is 2.70. The molecule has 176 valence electrons. The second-order valence-corrected chi connectivity index (χ2v) is 9.25. The van der Waals surface area contributed by atoms with Gasteiger partial charge in [-0.3, -0.25) is 9.59 Å². The second kappa shape index (κ2) is 10.1. The highest BCUT2D eigenvalue weighted by Crippen LogP contribution is 2.59. The fourth-order valence-electron chi connectivity index (χ4n) is 5.49. The summed E-state index contributed by atoms with van der Waals surface area (Å²) >= 11 is 0. The van der Waals surface area contributed by atoms with Crippen molar-refractivity contribution in [2.24, 2.45) is 17.8 Å². The maximum absolute atomic E-state index is 12.0. The number of ether oxygens (including phenoxy) is 1. The number of fused-ring (bicyclic) bond motifs is 1. The summed E-state index contributed by atoms with van der Waals surface area (Å²) in [5, 5.41) is 16.4. The van der Waals surface area contributed by atoms with Gasteiger partial charge >= 0.3 is 5.97 Å². The van der Waals surface area contributed by atoms with E-state index in [9.17, 15) is 14.7 Å². The van der Waals surface area contributed by atoms with Crippen molar-refractivity contribution < 1.29 is 19.4 Å². The summed E-state index contributed by atoms with van der Waals surface area (Å²) in [4.78, 5) is 23.9. The summed E-state index contributed by atoms with van der Waals surface area (Å²) in [6.45, 7) is 6.25. The van der Waals surface area contributed by atoms with E-state index < -0.39 is 11.9 Å². The van der Waals surface area contributed by atoms with Crippen LogP contribution in [-0.4, -0.2) is 41.3 Å². The Kier molecular flexibility index (Phi) is 7.15. The molecule has 0 radical (unpaired) electrons. The van der Waals surface area contributed by atoms with Crippen LogP contribution in [0.2, 0.25) is 0 Å². The lowest BCUT2D eigenvalue weighted by Crippen LogP contribution is -2.55. The molecule has 2 aromatic rings. The van der Waals surface area contributed by atoms with Gasteiger partial charge in [-0.2, -0.15) is 0 Å². The first kappa shape index (κ1) is 23.5. The number of carbonyl (C=O) groups excluding carboxylic acids is 1. The molecule has 0 saturated heterocycles. The Hall–Kier alpha value is -2.70. The minimum absolute atomic E-state index is 0.0395. The van der Waals surface area contributed by atoms with Crippen molar-refractivity contribution in [3.05, 3.63) is 60.2 Å². The van der Waals surface area contributed by atoms with Crippen LogP contribution in [0.3, 0.4) is 0 Å². The van der Waals surface area contributed by atoms with E-state index in [-0.39, 0.29) is 42.0 Å². The standard InChI is InChI=1S/C27H34N2O4/c1-4-20(5-2)33-26-22-21(23(22)27(31)32)24(25(26)29-16(3)30)28-15-17-11-13-19(14-12-17)18-9-7-6-8-10-18/h6-14,20-26,28H,4-5,15H2,1-3H3,(H,29,30)(H,31,32)/t21?,22?,23-,24+,25+,26+/m0/s1. The van der Waals surface area contributed by atoms with Gasteiger partial charge in [0.25, 0.3) is 0 Å². The van der Waals surface area contributed by atoms with Gasteiger partial charge in [0.1, 0.15) is 0 Å². The predicted molar refractivity (Wildman–Crippen MR) is 127 cm³/mol. The summed E-state index contributed by atoms with van der Waals surface area (Å²) in [5.41, 5.74) is 3.44. The first-order chi connectivity index (χ1) is 15.9. The normalized spacial score (nSPS) is 27.9. The van der Waals surface area contributed by atoms with Crippen molar-refractivity contribution in [1.29, 1.82) is 0 Å². The van der Waals surface area contributed by atoms with E-state index in [1.54, 1.807) is 0 Å². The van der Waals surface area contributed by atoms with Crippen LogP contribution in [0.1, 0.15) is 39.2 Å². The van der Waals surface area contributed by atoms with Crippen molar-refractivity contribution in [1.82, 2.24) is 10.6 Å². The number of amides is 1. The van der Waals surface area contributed by atoms with Crippen molar-refractivity contribution in [2.45, 2.75) is 64.4 Å². The maximum Gasteiger partial charge on any atom is 0.307 e. The molecule has 2 saturated carbocycles. The van der Waals surface area contributed by atoms with E-state index >= 15 is 0 Å². The average molecular weight is 451 g/mol. The summed E-state index contributed by atoms with van der Waals surface area (Å²) in [5.74, 6) is -1.43. The molecule has 33 heavy (non-hydrogen) atoms. The lowest BCUT2D eigenvalue weighted by molar-refractivity contribution is -0.141. The number of carboxylic acid groups (broad SMARTS) is 1. The number of carboxylic acids is 1. The molecule has 2 aliphatic rings. The summed E-state index contributed by atoms with van der Waals surface area (Å²) in [6, 6.07) is 18.2. The largest absolute Gasteiger partial charge is 0.481 e. The third kappa shape index (κ3) is 4.97. The van der Waals surface area contributed by atoms with E-state index in [2.05, 4.69) is 60.9 Å². The van der Waals surface area contributed by atoms with Crippen LogP contribution in [-0.2, 0) is 20.9 Å². The number of benzene rings is 2. The van der Waals surface area contributed by atoms with Crippen LogP contribution in [0.5, 0.6) is 0 Å². The number of nitrogens with one attached hydrogen (secondary N) is 2. The van der Waals surface area contributed by atoms with Gasteiger partial charge in [-0.05, 0) is 35.4 Å². The highest BCUT2D eigenvalue weighted by atomic mass is 16.5. The molecule has 6 heteroatoms. The van der Waals surface area contributed by atoms with Crippen LogP contribution in [0.15, 0.2) is 54.6 Å². The second-order valence-electron chi connectivity index (χ2n) is 9.25. The van der Waals surface area contributed by atoms with Crippen LogP contribution < -0.4 is 10.6 Å². The average Bonchev–Trinajstić information content (AvgIpc) is 3.49. The molecule has 2 fully saturated rings. The Labute approximate surface area is 195 Å². The first-order valence-electron chi connectivity index (χ1n) is 12.0. The SMILES string of the molecule is CCC(CC)O[C@@H]1C2C([C@@H]2C(=O)O)[C@@H](NCc2ccc(-c3ccccc3)cc2)[C@H]1NC(C)=O. The molecule has 0 aromatic heterocycles. The van der Waals surface area contributed by atoms with Gasteiger partial charge in [0.05, 0.1) is 24.2 Å². The Balaban J connectivity index is 1.49. The zero-order chi connectivity index (χ0) is 23.5. The number of hydrogen-bond acceptors (Lipinski definition) is 4. The Bertz CT molecular complexity index is 958. The number of hydrogen-bond donors (Lipinski definition) is 3. The smallest absolute Gasteiger partial charge is 0.307 e. The van der Waals surface area contributed by atoms with E-state index in [1.807, 2.05) is 18.2 Å². The third-order valence-corrected chi connectivity index (χ3v) is 7.19. The van der Waals surface area contributed by atoms with Gasteiger partial charge < -0.3 is 20.5 Å². The zero-order valence-electron chi connectivity index (χ0n) is 19.5. The monoisotopic (exact) mass is 450 g/mol. The first-order valence-corrected chi connectivity index (χ1v) is 12.0. The topological polar surface area (TPSA) is 87.7 Å². The van der Waals surface area contributed by atoms with Gasteiger partial charge in [0.15, 0.2) is 0 Å². The van der Waals surface area contributed by atoms with Crippen molar-refractivity contribution >= 4 is 11.9 Å². The molecule has 0 spiro atoms. The van der Waals surface area contributed by atoms with E-state index in [1.165, 1.54) is 12.5 Å². The third-order valence-electron chi connectivity index (χ3n) is 7.19. The molecule has 2 aromatic carbocycles. The number of rotatable bonds is 10. The molecule has 3 N–H and O–H groups in total. The van der Waals surface area contributed by atoms with Gasteiger partial charge in [-0.25, -0.2) is 0 Å². The molecule has 0 bridgehead atoms. The highest BCUT2D eigenvalue weighted by molar-refractivity contribution is 5.77. The van der Waals surface area contributed by atoms with Gasteiger partial charge in [-0.15, -0.1) is 0 Å². The predicted octanol–water partition coefficient (Wildman–Crippen LogP) is 3.85. The Morgan fingerprint density at radius 2 is 1.58 bits per heavy atom. The summed E-state index contributed by atoms with van der Waals surface area (Å²) < 4.78 is 6.39. The summed E-state index contributed by atoms with van der Waals surface area (Å²) in [7, 11) is 0. The van der Waals surface area contributed by atoms with Crippen LogP contribution in [0.25, 0.3) is 11.1 Å².